The molecule has 0 spiro atoms. The molecule has 5 nitrogen and oxygen atoms in total. The average Bonchev–Trinajstić information content (AvgIpc) is 2.77. The minimum atomic E-state index is -0.262. The largest absolute Gasteiger partial charge is 0.294 e. The van der Waals surface area contributed by atoms with Gasteiger partial charge in [0, 0.05) is 7.05 Å². The van der Waals surface area contributed by atoms with Crippen LogP contribution in [0, 0.1) is 0 Å². The monoisotopic (exact) mass is 239 g/mol. The maximum Gasteiger partial charge on any atom is 0.294 e. The van der Waals surface area contributed by atoms with E-state index in [1.807, 2.05) is 0 Å². The van der Waals surface area contributed by atoms with Crippen molar-refractivity contribution in [2.45, 2.75) is 0 Å². The molecule has 2 rings (SSSR count). The molecule has 0 saturated carbocycles. The van der Waals surface area contributed by atoms with Gasteiger partial charge < -0.3 is 0 Å². The summed E-state index contributed by atoms with van der Waals surface area (Å²) in [5.74, 6) is -0.262. The summed E-state index contributed by atoms with van der Waals surface area (Å²) in [7, 11) is 2.97. The fraction of sp³-hybridized carbons (Fsp3) is 0.200. The van der Waals surface area contributed by atoms with Crippen molar-refractivity contribution in [1.82, 2.24) is 14.4 Å². The van der Waals surface area contributed by atoms with Crippen LogP contribution in [0.2, 0.25) is 5.02 Å². The van der Waals surface area contributed by atoms with Crippen LogP contribution >= 0.6 is 11.6 Å². The van der Waals surface area contributed by atoms with E-state index in [0.29, 0.717) is 16.2 Å². The van der Waals surface area contributed by atoms with E-state index in [4.69, 9.17) is 16.4 Å². The van der Waals surface area contributed by atoms with Gasteiger partial charge in [-0.05, 0) is 12.1 Å². The van der Waals surface area contributed by atoms with E-state index in [-0.39, 0.29) is 5.91 Å². The third-order valence-corrected chi connectivity index (χ3v) is 2.63. The number of hydrogen-bond acceptors (Lipinski definition) is 3. The Morgan fingerprint density at radius 2 is 2.31 bits per heavy atom. The number of hydrogen-bond donors (Lipinski definition) is 0. The summed E-state index contributed by atoms with van der Waals surface area (Å²) in [6.45, 7) is 0. The molecule has 2 aromatic rings. The van der Waals surface area contributed by atoms with Crippen molar-refractivity contribution in [3.63, 3.8) is 0 Å². The number of pyridine rings is 1. The van der Waals surface area contributed by atoms with Crippen LogP contribution in [-0.4, -0.2) is 34.5 Å². The number of carbonyl (C=O) groups excluding carboxylic acids is 1. The van der Waals surface area contributed by atoms with E-state index < -0.39 is 0 Å². The van der Waals surface area contributed by atoms with Crippen LogP contribution in [0.15, 0.2) is 24.7 Å². The van der Waals surface area contributed by atoms with Gasteiger partial charge >= 0.3 is 0 Å². The standard InChI is InChI=1S/C10H10ClN3O2/c1-13(16-2)10(15)8-4-3-7(11)9-5-12-6-14(8)9/h3-6H,1-2H3. The molecule has 0 radical (unpaired) electrons. The van der Waals surface area contributed by atoms with Crippen molar-refractivity contribution in [1.29, 1.82) is 0 Å². The molecule has 0 aromatic carbocycles. The lowest BCUT2D eigenvalue weighted by Gasteiger charge is -2.14. The summed E-state index contributed by atoms with van der Waals surface area (Å²) in [5, 5.41) is 1.69. The Morgan fingerprint density at radius 1 is 1.56 bits per heavy atom. The van der Waals surface area contributed by atoms with E-state index in [9.17, 15) is 4.79 Å². The fourth-order valence-electron chi connectivity index (χ4n) is 1.40. The van der Waals surface area contributed by atoms with E-state index in [1.54, 1.807) is 29.8 Å². The summed E-state index contributed by atoms with van der Waals surface area (Å²) < 4.78 is 1.63. The van der Waals surface area contributed by atoms with Gasteiger partial charge in [0.25, 0.3) is 5.91 Å². The number of nitrogens with zero attached hydrogens (tertiary/aromatic N) is 3. The molecular weight excluding hydrogens is 230 g/mol. The lowest BCUT2D eigenvalue weighted by molar-refractivity contribution is -0.0761. The minimum Gasteiger partial charge on any atom is -0.293 e. The molecular formula is C10H10ClN3O2. The third-order valence-electron chi connectivity index (χ3n) is 2.31. The molecule has 0 saturated heterocycles. The number of fused-ring (bicyclic) bond motifs is 1. The zero-order valence-corrected chi connectivity index (χ0v) is 9.60. The molecule has 1 amide bonds. The second-order valence-electron chi connectivity index (χ2n) is 3.20. The predicted molar refractivity (Wildman–Crippen MR) is 59.3 cm³/mol. The molecule has 0 fully saturated rings. The number of amides is 1. The Balaban J connectivity index is 2.57. The number of halogens is 1. The van der Waals surface area contributed by atoms with Crippen LogP contribution in [0.3, 0.4) is 0 Å². The van der Waals surface area contributed by atoms with Gasteiger partial charge in [0.05, 0.1) is 30.2 Å². The topological polar surface area (TPSA) is 46.8 Å². The number of rotatable bonds is 2. The number of hydroxylamine groups is 2. The summed E-state index contributed by atoms with van der Waals surface area (Å²) in [4.78, 5) is 20.7. The molecule has 0 N–H and O–H groups in total. The molecule has 0 aliphatic rings. The average molecular weight is 240 g/mol. The number of carbonyl (C=O) groups is 1. The second-order valence-corrected chi connectivity index (χ2v) is 3.61. The van der Waals surface area contributed by atoms with Gasteiger partial charge in [0.1, 0.15) is 5.69 Å². The van der Waals surface area contributed by atoms with Crippen LogP contribution in [-0.2, 0) is 4.84 Å². The zero-order valence-electron chi connectivity index (χ0n) is 8.85. The lowest BCUT2D eigenvalue weighted by Crippen LogP contribution is -2.27. The van der Waals surface area contributed by atoms with E-state index in [0.717, 1.165) is 5.06 Å². The van der Waals surface area contributed by atoms with Gasteiger partial charge in [0.15, 0.2) is 0 Å². The van der Waals surface area contributed by atoms with E-state index >= 15 is 0 Å². The van der Waals surface area contributed by atoms with Gasteiger partial charge in [-0.1, -0.05) is 11.6 Å². The highest BCUT2D eigenvalue weighted by Gasteiger charge is 2.15. The first-order valence-corrected chi connectivity index (χ1v) is 4.95. The highest BCUT2D eigenvalue weighted by Crippen LogP contribution is 2.19. The maximum absolute atomic E-state index is 11.9. The van der Waals surface area contributed by atoms with Crippen LogP contribution in [0.5, 0.6) is 0 Å². The zero-order chi connectivity index (χ0) is 11.7. The Bertz CT molecular complexity index is 538. The summed E-state index contributed by atoms with van der Waals surface area (Å²) in [6.07, 6.45) is 3.14. The molecule has 0 aliphatic carbocycles. The molecule has 0 aliphatic heterocycles. The van der Waals surface area contributed by atoms with Gasteiger partial charge in [-0.3, -0.25) is 14.0 Å². The van der Waals surface area contributed by atoms with Gasteiger partial charge in [-0.25, -0.2) is 10.0 Å². The molecule has 84 valence electrons. The maximum atomic E-state index is 11.9. The second kappa shape index (κ2) is 4.11. The molecule has 0 atom stereocenters. The fourth-order valence-corrected chi connectivity index (χ4v) is 1.60. The summed E-state index contributed by atoms with van der Waals surface area (Å²) in [6, 6.07) is 3.30. The predicted octanol–water partition coefficient (Wildman–Crippen LogP) is 1.62. The van der Waals surface area contributed by atoms with Gasteiger partial charge in [-0.15, -0.1) is 0 Å². The Kier molecular flexibility index (Phi) is 2.80. The Labute approximate surface area is 97.2 Å². The minimum absolute atomic E-state index is 0.262. The third kappa shape index (κ3) is 1.64. The number of imidazole rings is 1. The molecule has 16 heavy (non-hydrogen) atoms. The van der Waals surface area contributed by atoms with Crippen molar-refractivity contribution in [2.75, 3.05) is 14.2 Å². The Morgan fingerprint density at radius 3 is 3.00 bits per heavy atom. The first-order chi connectivity index (χ1) is 7.65. The van der Waals surface area contributed by atoms with E-state index in [2.05, 4.69) is 4.98 Å². The van der Waals surface area contributed by atoms with Crippen LogP contribution in [0.4, 0.5) is 0 Å². The Hall–Kier alpha value is -1.59. The normalized spacial score (nSPS) is 10.7. The van der Waals surface area contributed by atoms with Crippen LogP contribution < -0.4 is 0 Å². The first-order valence-electron chi connectivity index (χ1n) is 4.58. The molecule has 2 heterocycles. The smallest absolute Gasteiger partial charge is 0.293 e. The molecule has 6 heteroatoms. The quantitative estimate of drug-likeness (QED) is 0.749. The van der Waals surface area contributed by atoms with Crippen LogP contribution in [0.25, 0.3) is 5.52 Å². The summed E-state index contributed by atoms with van der Waals surface area (Å²) >= 11 is 5.97. The van der Waals surface area contributed by atoms with Crippen molar-refractivity contribution in [3.05, 3.63) is 35.4 Å². The lowest BCUT2D eigenvalue weighted by atomic mass is 10.3. The molecule has 2 aromatic heterocycles. The molecule has 0 unspecified atom stereocenters. The highest BCUT2D eigenvalue weighted by atomic mass is 35.5. The van der Waals surface area contributed by atoms with Crippen LogP contribution in [0.1, 0.15) is 10.5 Å². The van der Waals surface area contributed by atoms with Gasteiger partial charge in [0.2, 0.25) is 0 Å². The summed E-state index contributed by atoms with van der Waals surface area (Å²) in [5.41, 5.74) is 1.14. The first kappa shape index (κ1) is 10.9. The van der Waals surface area contributed by atoms with Crippen molar-refractivity contribution >= 4 is 23.0 Å². The van der Waals surface area contributed by atoms with Crippen molar-refractivity contribution in [3.8, 4) is 0 Å². The van der Waals surface area contributed by atoms with Gasteiger partial charge in [-0.2, -0.15) is 0 Å². The highest BCUT2D eigenvalue weighted by molar-refractivity contribution is 6.33. The number of aromatic nitrogens is 2. The van der Waals surface area contributed by atoms with Crippen molar-refractivity contribution in [2.24, 2.45) is 0 Å². The molecule has 0 bridgehead atoms. The SMILES string of the molecule is CON(C)C(=O)c1ccc(Cl)c2cncn12. The van der Waals surface area contributed by atoms with Crippen molar-refractivity contribution < 1.29 is 9.63 Å². The van der Waals surface area contributed by atoms with E-state index in [1.165, 1.54) is 13.4 Å².